The minimum absolute atomic E-state index is 0.0861. The number of unbranched alkanes of at least 4 members (excludes halogenated alkanes) is 12. The van der Waals surface area contributed by atoms with E-state index in [1.54, 1.807) is 13.4 Å². The number of cyclic esters (lactones) is 1. The molecule has 0 aliphatic carbocycles. The SMILES string of the molecule is CCCCCCCCCCCCCCCC(O)OC1CC(C(C)C(OC)/C(C)=C/C=C/C(C)=C/c2coc(C)n2)OC(=O)C2OC2CC2CC(=O)OC(C2)C(C)CC[C@@H]2OC12C. The third kappa shape index (κ3) is 15.7. The Labute approximate surface area is 373 Å². The Hall–Kier alpha value is -2.83. The predicted molar refractivity (Wildman–Crippen MR) is 241 cm³/mol. The molecule has 4 saturated heterocycles. The summed E-state index contributed by atoms with van der Waals surface area (Å²) in [6.07, 6.45) is 26.2. The maximum absolute atomic E-state index is 13.9. The lowest BCUT2D eigenvalue weighted by molar-refractivity contribution is -0.179. The van der Waals surface area contributed by atoms with Gasteiger partial charge in [0, 0.05) is 32.8 Å². The fraction of sp³-hybridized carbons (Fsp3) is 0.784. The highest BCUT2D eigenvalue weighted by atomic mass is 16.7. The van der Waals surface area contributed by atoms with Crippen LogP contribution < -0.4 is 0 Å². The lowest BCUT2D eigenvalue weighted by Crippen LogP contribution is -2.44. The molecule has 62 heavy (non-hydrogen) atoms. The normalized spacial score (nSPS) is 31.2. The number of aliphatic hydroxyl groups is 1. The summed E-state index contributed by atoms with van der Waals surface area (Å²) in [6, 6.07) is 0. The molecule has 11 unspecified atom stereocenters. The van der Waals surface area contributed by atoms with Crippen molar-refractivity contribution < 1.29 is 47.5 Å². The first-order valence-corrected chi connectivity index (χ1v) is 24.4. The van der Waals surface area contributed by atoms with Crippen LogP contribution in [0.15, 0.2) is 40.1 Å². The molecule has 350 valence electrons. The van der Waals surface area contributed by atoms with Crippen molar-refractivity contribution in [1.82, 2.24) is 4.98 Å². The van der Waals surface area contributed by atoms with E-state index in [2.05, 4.69) is 18.8 Å². The van der Waals surface area contributed by atoms with E-state index >= 15 is 0 Å². The molecule has 4 aliphatic rings. The van der Waals surface area contributed by atoms with Crippen molar-refractivity contribution >= 4 is 18.0 Å². The molecule has 5 heterocycles. The number of hydrogen-bond acceptors (Lipinski definition) is 11. The monoisotopic (exact) mass is 868 g/mol. The van der Waals surface area contributed by atoms with Gasteiger partial charge >= 0.3 is 11.9 Å². The van der Waals surface area contributed by atoms with Crippen LogP contribution in [0.4, 0.5) is 0 Å². The molecule has 0 amide bonds. The number of epoxide rings is 2. The van der Waals surface area contributed by atoms with E-state index in [9.17, 15) is 14.7 Å². The van der Waals surface area contributed by atoms with E-state index < -0.39 is 42.3 Å². The van der Waals surface area contributed by atoms with Gasteiger partial charge in [-0.1, -0.05) is 116 Å². The summed E-state index contributed by atoms with van der Waals surface area (Å²) in [7, 11) is 1.68. The van der Waals surface area contributed by atoms with Gasteiger partial charge in [-0.2, -0.15) is 0 Å². The first kappa shape index (κ1) is 50.2. The van der Waals surface area contributed by atoms with E-state index in [4.69, 9.17) is 32.8 Å². The first-order valence-electron chi connectivity index (χ1n) is 24.4. The highest BCUT2D eigenvalue weighted by Gasteiger charge is 2.60. The van der Waals surface area contributed by atoms with Crippen molar-refractivity contribution in [2.24, 2.45) is 17.8 Å². The number of carbonyl (C=O) groups excluding carboxylic acids is 2. The van der Waals surface area contributed by atoms with E-state index in [-0.39, 0.29) is 42.0 Å². The summed E-state index contributed by atoms with van der Waals surface area (Å²) in [5.41, 5.74) is 2.03. The molecule has 11 heteroatoms. The molecule has 5 rings (SSSR count). The molecule has 4 fully saturated rings. The van der Waals surface area contributed by atoms with Gasteiger partial charge in [-0.25, -0.2) is 9.78 Å². The smallest absolute Gasteiger partial charge is 0.338 e. The zero-order chi connectivity index (χ0) is 44.6. The largest absolute Gasteiger partial charge is 0.462 e. The van der Waals surface area contributed by atoms with Crippen LogP contribution in [-0.2, 0) is 38.0 Å². The quantitative estimate of drug-likeness (QED) is 0.0369. The Morgan fingerprint density at radius 3 is 2.26 bits per heavy atom. The van der Waals surface area contributed by atoms with Crippen LogP contribution in [0.5, 0.6) is 0 Å². The van der Waals surface area contributed by atoms with Crippen molar-refractivity contribution in [3.63, 3.8) is 0 Å². The van der Waals surface area contributed by atoms with Gasteiger partial charge in [0.1, 0.15) is 29.8 Å². The summed E-state index contributed by atoms with van der Waals surface area (Å²) >= 11 is 0. The number of carbonyl (C=O) groups is 2. The maximum Gasteiger partial charge on any atom is 0.338 e. The summed E-state index contributed by atoms with van der Waals surface area (Å²) in [5.74, 6) is -0.0541. The molecule has 0 radical (unpaired) electrons. The predicted octanol–water partition coefficient (Wildman–Crippen LogP) is 11.1. The molecule has 0 aromatic carbocycles. The molecule has 11 nitrogen and oxygen atoms in total. The lowest BCUT2D eigenvalue weighted by Gasteiger charge is -2.35. The van der Waals surface area contributed by atoms with Gasteiger partial charge in [0.2, 0.25) is 0 Å². The second-order valence-electron chi connectivity index (χ2n) is 19.3. The number of aromatic nitrogens is 1. The number of esters is 2. The van der Waals surface area contributed by atoms with Gasteiger partial charge in [-0.15, -0.1) is 0 Å². The molecule has 1 aromatic heterocycles. The van der Waals surface area contributed by atoms with Crippen molar-refractivity contribution in [1.29, 1.82) is 0 Å². The molecule has 1 aromatic rings. The molecular weight excluding hydrogens is 787 g/mol. The van der Waals surface area contributed by atoms with Crippen LogP contribution in [0.25, 0.3) is 6.08 Å². The number of aryl methyl sites for hydroxylation is 1. The zero-order valence-corrected chi connectivity index (χ0v) is 39.4. The zero-order valence-electron chi connectivity index (χ0n) is 39.4. The number of ether oxygens (including phenoxy) is 6. The van der Waals surface area contributed by atoms with Crippen LogP contribution in [0.1, 0.15) is 182 Å². The third-order valence-corrected chi connectivity index (χ3v) is 13.9. The van der Waals surface area contributed by atoms with Gasteiger partial charge in [0.25, 0.3) is 0 Å². The number of rotatable bonds is 23. The number of oxazole rings is 1. The Balaban J connectivity index is 1.26. The second-order valence-corrected chi connectivity index (χ2v) is 19.3. The van der Waals surface area contributed by atoms with Crippen LogP contribution in [-0.4, -0.2) is 83.8 Å². The van der Waals surface area contributed by atoms with Crippen molar-refractivity contribution in [3.05, 3.63) is 47.2 Å². The van der Waals surface area contributed by atoms with E-state index in [0.717, 1.165) is 55.4 Å². The van der Waals surface area contributed by atoms with Gasteiger partial charge in [-0.3, -0.25) is 4.79 Å². The summed E-state index contributed by atoms with van der Waals surface area (Å²) in [4.78, 5) is 31.0. The number of aliphatic hydroxyl groups excluding tert-OH is 1. The standard InChI is InChI=1S/C51H81NO10/c1-9-10-11-12-13-14-15-16-17-18-19-20-21-25-46(53)61-45-32-42(37(5)48(56-8)36(4)24-22-23-34(2)28-40-33-57-38(6)52-40)60-50(55)49-43(59-49)30-39-29-41(58-47(54)31-39)35(3)26-27-44-51(45,7)62-44/h22-24,28,33,35,37,39,41-46,48-49,53H,9-21,25-27,29-32H2,1-8H3/b23-22+,34-28+,36-24+/t35?,37?,39?,41?,42?,43?,44-,45?,46?,48?,49?,51?/m0/s1. The van der Waals surface area contributed by atoms with E-state index in [1.807, 2.05) is 58.9 Å². The fourth-order valence-corrected chi connectivity index (χ4v) is 9.80. The Bertz CT molecular complexity index is 1620. The number of fused-ring (bicyclic) bond motifs is 4. The van der Waals surface area contributed by atoms with Crippen molar-refractivity contribution in [2.45, 2.75) is 232 Å². The van der Waals surface area contributed by atoms with Crippen LogP contribution >= 0.6 is 0 Å². The Morgan fingerprint density at radius 1 is 0.952 bits per heavy atom. The minimum atomic E-state index is -0.984. The molecule has 1 N–H and O–H groups in total. The average Bonchev–Trinajstić information content (AvgIpc) is 4.11. The van der Waals surface area contributed by atoms with E-state index in [1.165, 1.54) is 64.2 Å². The average molecular weight is 868 g/mol. The summed E-state index contributed by atoms with van der Waals surface area (Å²) in [6.45, 7) is 14.3. The highest BCUT2D eigenvalue weighted by Crippen LogP contribution is 2.48. The van der Waals surface area contributed by atoms with Gasteiger partial charge in [0.15, 0.2) is 18.3 Å². The second kappa shape index (κ2) is 25.0. The first-order chi connectivity index (χ1) is 29.8. The van der Waals surface area contributed by atoms with Crippen molar-refractivity contribution in [3.8, 4) is 0 Å². The van der Waals surface area contributed by atoms with Crippen LogP contribution in [0.2, 0.25) is 0 Å². The molecule has 12 atom stereocenters. The van der Waals surface area contributed by atoms with Gasteiger partial charge < -0.3 is 37.9 Å². The number of methoxy groups -OCH3 is 1. The number of hydrogen-bond donors (Lipinski definition) is 1. The molecule has 2 bridgehead atoms. The van der Waals surface area contributed by atoms with Crippen molar-refractivity contribution in [2.75, 3.05) is 7.11 Å². The fourth-order valence-electron chi connectivity index (χ4n) is 9.80. The summed E-state index contributed by atoms with van der Waals surface area (Å²) < 4.78 is 42.8. The number of allylic oxidation sites excluding steroid dienone is 4. The highest BCUT2D eigenvalue weighted by molar-refractivity contribution is 5.78. The minimum Gasteiger partial charge on any atom is -0.462 e. The van der Waals surface area contributed by atoms with Crippen LogP contribution in [0.3, 0.4) is 0 Å². The Kier molecular flexibility index (Phi) is 20.2. The number of nitrogens with zero attached hydrogens (tertiary/aromatic N) is 1. The third-order valence-electron chi connectivity index (χ3n) is 13.9. The van der Waals surface area contributed by atoms with Gasteiger partial charge in [0.05, 0.1) is 24.4 Å². The molecule has 0 spiro atoms. The maximum atomic E-state index is 13.9. The summed E-state index contributed by atoms with van der Waals surface area (Å²) in [5, 5.41) is 11.4. The molecule has 4 aliphatic heterocycles. The van der Waals surface area contributed by atoms with Gasteiger partial charge in [-0.05, 0) is 88.4 Å². The van der Waals surface area contributed by atoms with Crippen LogP contribution in [0, 0.1) is 24.7 Å². The lowest BCUT2D eigenvalue weighted by atomic mass is 9.82. The molecule has 0 saturated carbocycles. The Morgan fingerprint density at radius 2 is 1.61 bits per heavy atom. The molecular formula is C51H81NO10. The topological polar surface area (TPSA) is 142 Å². The van der Waals surface area contributed by atoms with E-state index in [0.29, 0.717) is 31.6 Å².